The Labute approximate surface area is 134 Å². The van der Waals surface area contributed by atoms with E-state index in [2.05, 4.69) is 10.6 Å². The second-order valence-corrected chi connectivity index (χ2v) is 6.75. The Hall–Kier alpha value is -1.95. The van der Waals surface area contributed by atoms with Gasteiger partial charge in [0, 0.05) is 37.3 Å². The van der Waals surface area contributed by atoms with E-state index in [9.17, 15) is 14.0 Å². The van der Waals surface area contributed by atoms with Crippen molar-refractivity contribution in [3.8, 4) is 0 Å². The minimum absolute atomic E-state index is 0.0120. The van der Waals surface area contributed by atoms with E-state index in [-0.39, 0.29) is 18.2 Å². The monoisotopic (exact) mass is 317 g/mol. The summed E-state index contributed by atoms with van der Waals surface area (Å²) >= 11 is 0. The molecule has 0 aliphatic carbocycles. The molecule has 0 saturated carbocycles. The number of fused-ring (bicyclic) bond motifs is 3. The standard InChI is InChI=1S/C17H20FN3O2/c18-10-1-4-13-14(8-16(22)20-15(13)7-10)17(23)21-6-5-11-2-3-12(9-21)19-11/h1,4,7,11-12,14,19H,2-3,5-6,8-9H2,(H,20,22). The van der Waals surface area contributed by atoms with Crippen molar-refractivity contribution in [3.05, 3.63) is 29.6 Å². The Morgan fingerprint density at radius 1 is 1.22 bits per heavy atom. The van der Waals surface area contributed by atoms with Crippen molar-refractivity contribution in [1.29, 1.82) is 0 Å². The summed E-state index contributed by atoms with van der Waals surface area (Å²) in [5.74, 6) is -1.15. The van der Waals surface area contributed by atoms with Gasteiger partial charge in [-0.2, -0.15) is 0 Å². The number of amides is 2. The molecule has 1 aromatic rings. The van der Waals surface area contributed by atoms with Gasteiger partial charge in [-0.1, -0.05) is 6.07 Å². The quantitative estimate of drug-likeness (QED) is 0.827. The van der Waals surface area contributed by atoms with Crippen LogP contribution in [0.3, 0.4) is 0 Å². The number of nitrogens with one attached hydrogen (secondary N) is 2. The predicted octanol–water partition coefficient (Wildman–Crippen LogP) is 1.60. The lowest BCUT2D eigenvalue weighted by atomic mass is 9.89. The van der Waals surface area contributed by atoms with Crippen LogP contribution in [0.15, 0.2) is 18.2 Å². The number of likely N-dealkylation sites (tertiary alicyclic amines) is 1. The molecule has 3 atom stereocenters. The fraction of sp³-hybridized carbons (Fsp3) is 0.529. The van der Waals surface area contributed by atoms with Crippen molar-refractivity contribution >= 4 is 17.5 Å². The summed E-state index contributed by atoms with van der Waals surface area (Å²) in [5, 5.41) is 6.22. The zero-order chi connectivity index (χ0) is 16.0. The van der Waals surface area contributed by atoms with Gasteiger partial charge in [-0.15, -0.1) is 0 Å². The Balaban J connectivity index is 1.60. The average molecular weight is 317 g/mol. The highest BCUT2D eigenvalue weighted by atomic mass is 19.1. The first kappa shape index (κ1) is 14.6. The van der Waals surface area contributed by atoms with Crippen molar-refractivity contribution in [2.24, 2.45) is 0 Å². The Kier molecular flexibility index (Phi) is 3.56. The lowest BCUT2D eigenvalue weighted by Crippen LogP contribution is -2.43. The van der Waals surface area contributed by atoms with Crippen molar-refractivity contribution < 1.29 is 14.0 Å². The summed E-state index contributed by atoms with van der Waals surface area (Å²) in [5.41, 5.74) is 1.15. The molecular formula is C17H20FN3O2. The van der Waals surface area contributed by atoms with Crippen LogP contribution in [0, 0.1) is 5.82 Å². The molecule has 2 amide bonds. The van der Waals surface area contributed by atoms with Gasteiger partial charge in [0.25, 0.3) is 0 Å². The summed E-state index contributed by atoms with van der Waals surface area (Å²) in [4.78, 5) is 26.8. The van der Waals surface area contributed by atoms with Gasteiger partial charge in [0.2, 0.25) is 11.8 Å². The van der Waals surface area contributed by atoms with E-state index >= 15 is 0 Å². The molecule has 2 saturated heterocycles. The third-order valence-corrected chi connectivity index (χ3v) is 5.19. The molecule has 3 heterocycles. The van der Waals surface area contributed by atoms with E-state index in [4.69, 9.17) is 0 Å². The summed E-state index contributed by atoms with van der Waals surface area (Å²) < 4.78 is 13.4. The highest BCUT2D eigenvalue weighted by Crippen LogP contribution is 2.34. The molecule has 5 nitrogen and oxygen atoms in total. The Bertz CT molecular complexity index is 663. The van der Waals surface area contributed by atoms with E-state index in [1.165, 1.54) is 18.6 Å². The SMILES string of the molecule is O=C1CC(C(=O)N2CCC3CCC(C2)N3)c2ccc(F)cc2N1. The largest absolute Gasteiger partial charge is 0.341 e. The molecule has 3 aliphatic rings. The molecule has 0 aromatic heterocycles. The smallest absolute Gasteiger partial charge is 0.230 e. The fourth-order valence-electron chi connectivity index (χ4n) is 4.02. The molecule has 2 bridgehead atoms. The maximum Gasteiger partial charge on any atom is 0.230 e. The third-order valence-electron chi connectivity index (χ3n) is 5.19. The number of halogens is 1. The Morgan fingerprint density at radius 3 is 2.91 bits per heavy atom. The molecule has 2 fully saturated rings. The average Bonchev–Trinajstić information content (AvgIpc) is 2.84. The van der Waals surface area contributed by atoms with Crippen molar-refractivity contribution in [2.45, 2.75) is 43.7 Å². The Morgan fingerprint density at radius 2 is 2.04 bits per heavy atom. The molecule has 0 spiro atoms. The van der Waals surface area contributed by atoms with Gasteiger partial charge in [-0.3, -0.25) is 9.59 Å². The van der Waals surface area contributed by atoms with E-state index < -0.39 is 11.7 Å². The number of hydrogen-bond donors (Lipinski definition) is 2. The molecule has 6 heteroatoms. The van der Waals surface area contributed by atoms with Crippen LogP contribution in [0.1, 0.15) is 37.2 Å². The van der Waals surface area contributed by atoms with Crippen molar-refractivity contribution in [1.82, 2.24) is 10.2 Å². The molecule has 23 heavy (non-hydrogen) atoms. The minimum atomic E-state index is -0.504. The number of benzene rings is 1. The van der Waals surface area contributed by atoms with Crippen LogP contribution in [-0.2, 0) is 9.59 Å². The van der Waals surface area contributed by atoms with Gasteiger partial charge in [0.1, 0.15) is 5.82 Å². The minimum Gasteiger partial charge on any atom is -0.341 e. The van der Waals surface area contributed by atoms with Gasteiger partial charge < -0.3 is 15.5 Å². The number of rotatable bonds is 1. The zero-order valence-electron chi connectivity index (χ0n) is 12.8. The van der Waals surface area contributed by atoms with E-state index in [1.54, 1.807) is 6.07 Å². The van der Waals surface area contributed by atoms with Gasteiger partial charge in [0.15, 0.2) is 0 Å². The molecule has 2 N–H and O–H groups in total. The van der Waals surface area contributed by atoms with Gasteiger partial charge in [-0.05, 0) is 37.0 Å². The van der Waals surface area contributed by atoms with E-state index in [0.29, 0.717) is 24.3 Å². The first-order chi connectivity index (χ1) is 11.1. The van der Waals surface area contributed by atoms with Gasteiger partial charge in [0.05, 0.1) is 5.92 Å². The van der Waals surface area contributed by atoms with E-state index in [0.717, 1.165) is 24.9 Å². The number of hydrogen-bond acceptors (Lipinski definition) is 3. The highest BCUT2D eigenvalue weighted by molar-refractivity contribution is 6.01. The summed E-state index contributed by atoms with van der Waals surface area (Å²) in [6.07, 6.45) is 3.37. The van der Waals surface area contributed by atoms with Crippen LogP contribution < -0.4 is 10.6 Å². The zero-order valence-corrected chi connectivity index (χ0v) is 12.8. The molecule has 4 rings (SSSR count). The lowest BCUT2D eigenvalue weighted by molar-refractivity contribution is -0.135. The van der Waals surface area contributed by atoms with Crippen molar-refractivity contribution in [3.63, 3.8) is 0 Å². The van der Waals surface area contributed by atoms with E-state index in [1.807, 2.05) is 4.90 Å². The number of anilines is 1. The van der Waals surface area contributed by atoms with Crippen LogP contribution in [0.5, 0.6) is 0 Å². The number of carbonyl (C=O) groups is 2. The first-order valence-corrected chi connectivity index (χ1v) is 8.24. The normalized spacial score (nSPS) is 29.7. The van der Waals surface area contributed by atoms with Crippen LogP contribution in [0.25, 0.3) is 0 Å². The second kappa shape index (κ2) is 5.60. The summed E-state index contributed by atoms with van der Waals surface area (Å²) in [7, 11) is 0. The summed E-state index contributed by atoms with van der Waals surface area (Å²) in [6, 6.07) is 5.13. The van der Waals surface area contributed by atoms with Crippen molar-refractivity contribution in [2.75, 3.05) is 18.4 Å². The maximum atomic E-state index is 13.4. The van der Waals surface area contributed by atoms with Crippen LogP contribution in [-0.4, -0.2) is 41.9 Å². The van der Waals surface area contributed by atoms with Gasteiger partial charge in [-0.25, -0.2) is 4.39 Å². The second-order valence-electron chi connectivity index (χ2n) is 6.75. The maximum absolute atomic E-state index is 13.4. The number of carbonyl (C=O) groups excluding carboxylic acids is 2. The van der Waals surface area contributed by atoms with Crippen LogP contribution in [0.4, 0.5) is 10.1 Å². The molecule has 3 aliphatic heterocycles. The fourth-order valence-corrected chi connectivity index (χ4v) is 4.02. The third kappa shape index (κ3) is 2.72. The van der Waals surface area contributed by atoms with Crippen LogP contribution in [0.2, 0.25) is 0 Å². The molecular weight excluding hydrogens is 297 g/mol. The highest BCUT2D eigenvalue weighted by Gasteiger charge is 2.37. The predicted molar refractivity (Wildman–Crippen MR) is 83.5 cm³/mol. The lowest BCUT2D eigenvalue weighted by Gasteiger charge is -2.31. The topological polar surface area (TPSA) is 61.4 Å². The molecule has 122 valence electrons. The summed E-state index contributed by atoms with van der Waals surface area (Å²) in [6.45, 7) is 1.42. The number of nitrogens with zero attached hydrogens (tertiary/aromatic N) is 1. The molecule has 1 aromatic carbocycles. The van der Waals surface area contributed by atoms with Crippen LogP contribution >= 0.6 is 0 Å². The first-order valence-electron chi connectivity index (χ1n) is 8.24. The van der Waals surface area contributed by atoms with Gasteiger partial charge >= 0.3 is 0 Å². The molecule has 0 radical (unpaired) electrons. The molecule has 3 unspecified atom stereocenters.